The van der Waals surface area contributed by atoms with Gasteiger partial charge in [-0.05, 0) is 55.6 Å². The smallest absolute Gasteiger partial charge is 0.262 e. The fourth-order valence-electron chi connectivity index (χ4n) is 3.12. The van der Waals surface area contributed by atoms with Crippen molar-refractivity contribution in [3.8, 4) is 5.75 Å². The molecular formula is C24H21N3O3S. The third-order valence-electron chi connectivity index (χ3n) is 4.62. The molecule has 1 N–H and O–H groups in total. The third kappa shape index (κ3) is 4.62. The first-order chi connectivity index (χ1) is 15.1. The number of fused-ring (bicyclic) bond motifs is 1. The number of pyridine rings is 1. The number of aromatic nitrogens is 1. The maximum atomic E-state index is 13.2. The number of rotatable bonds is 5. The second kappa shape index (κ2) is 9.06. The zero-order valence-electron chi connectivity index (χ0n) is 17.4. The number of nitrogens with zero attached hydrogens (tertiary/aromatic N) is 2. The molecule has 2 aromatic heterocycles. The fraction of sp³-hybridized carbons (Fsp3) is 0.125. The topological polar surface area (TPSA) is 76.7 Å². The second-order valence-corrected chi connectivity index (χ2v) is 7.66. The van der Waals surface area contributed by atoms with Crippen molar-refractivity contribution in [2.75, 3.05) is 18.7 Å². The van der Waals surface area contributed by atoms with Crippen LogP contribution >= 0.6 is 11.8 Å². The molecule has 0 atom stereocenters. The van der Waals surface area contributed by atoms with Crippen molar-refractivity contribution >= 4 is 40.1 Å². The van der Waals surface area contributed by atoms with E-state index in [2.05, 4.69) is 15.3 Å². The summed E-state index contributed by atoms with van der Waals surface area (Å²) >= 11 is 1.62. The molecule has 156 valence electrons. The Morgan fingerprint density at radius 1 is 1.10 bits per heavy atom. The molecule has 0 spiro atoms. The van der Waals surface area contributed by atoms with Crippen LogP contribution in [0.1, 0.15) is 16.1 Å². The minimum Gasteiger partial charge on any atom is -0.493 e. The maximum Gasteiger partial charge on any atom is 0.262 e. The number of amides is 1. The third-order valence-corrected chi connectivity index (χ3v) is 5.34. The minimum absolute atomic E-state index is 0.195. The standard InChI is InChI=1S/C24H21N3O3S/c1-15-7-4-12-21(25-15)27-23(28)19-13-16-8-5-11-20(29-2)22(16)30-24(19)26-17-9-6-10-18(14-17)31-3/h4-14H,1-3H3,(H,25,27,28). The summed E-state index contributed by atoms with van der Waals surface area (Å²) in [7, 11) is 1.58. The lowest BCUT2D eigenvalue weighted by Crippen LogP contribution is -2.22. The number of anilines is 1. The largest absolute Gasteiger partial charge is 0.493 e. The fourth-order valence-corrected chi connectivity index (χ4v) is 3.58. The zero-order valence-corrected chi connectivity index (χ0v) is 18.2. The van der Waals surface area contributed by atoms with Gasteiger partial charge in [0.05, 0.1) is 12.8 Å². The van der Waals surface area contributed by atoms with E-state index in [1.165, 1.54) is 0 Å². The molecule has 0 aliphatic rings. The van der Waals surface area contributed by atoms with Gasteiger partial charge in [0.1, 0.15) is 11.4 Å². The molecule has 1 amide bonds. The number of para-hydroxylation sites is 1. The summed E-state index contributed by atoms with van der Waals surface area (Å²) in [5, 5.41) is 3.57. The molecule has 2 heterocycles. The van der Waals surface area contributed by atoms with E-state index in [1.54, 1.807) is 37.1 Å². The number of carbonyl (C=O) groups is 1. The molecule has 6 nitrogen and oxygen atoms in total. The van der Waals surface area contributed by atoms with Gasteiger partial charge in [0, 0.05) is 16.0 Å². The van der Waals surface area contributed by atoms with Crippen LogP contribution in [-0.4, -0.2) is 24.3 Å². The summed E-state index contributed by atoms with van der Waals surface area (Å²) < 4.78 is 11.5. The lowest BCUT2D eigenvalue weighted by atomic mass is 10.1. The van der Waals surface area contributed by atoms with E-state index in [0.717, 1.165) is 16.0 Å². The van der Waals surface area contributed by atoms with Crippen LogP contribution in [0.2, 0.25) is 0 Å². The highest BCUT2D eigenvalue weighted by molar-refractivity contribution is 7.98. The molecule has 0 aliphatic carbocycles. The Bertz CT molecular complexity index is 1330. The molecule has 0 bridgehead atoms. The number of benzene rings is 2. The monoisotopic (exact) mass is 431 g/mol. The molecule has 0 radical (unpaired) electrons. The van der Waals surface area contributed by atoms with Crippen molar-refractivity contribution in [2.45, 2.75) is 11.8 Å². The highest BCUT2D eigenvalue weighted by Crippen LogP contribution is 2.26. The summed E-state index contributed by atoms with van der Waals surface area (Å²) in [6.45, 7) is 1.87. The Labute approximate surface area is 184 Å². The first-order valence-electron chi connectivity index (χ1n) is 9.62. The van der Waals surface area contributed by atoms with Crippen molar-refractivity contribution in [1.82, 2.24) is 4.98 Å². The van der Waals surface area contributed by atoms with Crippen LogP contribution in [0.25, 0.3) is 11.0 Å². The highest BCUT2D eigenvalue weighted by atomic mass is 32.2. The summed E-state index contributed by atoms with van der Waals surface area (Å²) in [6, 6.07) is 20.4. The van der Waals surface area contributed by atoms with Gasteiger partial charge in [-0.3, -0.25) is 4.79 Å². The molecule has 4 rings (SSSR count). The average molecular weight is 432 g/mol. The SMILES string of the molecule is COc1cccc2cc(C(=O)Nc3cccc(C)n3)c(=Nc3cccc(SC)c3)oc12. The van der Waals surface area contributed by atoms with Crippen molar-refractivity contribution in [2.24, 2.45) is 4.99 Å². The van der Waals surface area contributed by atoms with Gasteiger partial charge in [-0.1, -0.05) is 24.3 Å². The van der Waals surface area contributed by atoms with E-state index in [1.807, 2.05) is 61.7 Å². The quantitative estimate of drug-likeness (QED) is 0.431. The Morgan fingerprint density at radius 2 is 1.90 bits per heavy atom. The molecule has 0 saturated carbocycles. The molecule has 4 aromatic rings. The van der Waals surface area contributed by atoms with Crippen LogP contribution in [0.5, 0.6) is 5.75 Å². The second-order valence-electron chi connectivity index (χ2n) is 6.78. The molecule has 0 unspecified atom stereocenters. The van der Waals surface area contributed by atoms with Crippen molar-refractivity contribution in [1.29, 1.82) is 0 Å². The van der Waals surface area contributed by atoms with Crippen LogP contribution in [0.3, 0.4) is 0 Å². The molecule has 0 fully saturated rings. The van der Waals surface area contributed by atoms with Gasteiger partial charge in [0.15, 0.2) is 11.3 Å². The molecule has 0 saturated heterocycles. The van der Waals surface area contributed by atoms with Gasteiger partial charge < -0.3 is 14.5 Å². The van der Waals surface area contributed by atoms with Gasteiger partial charge in [-0.25, -0.2) is 9.98 Å². The van der Waals surface area contributed by atoms with Gasteiger partial charge in [-0.15, -0.1) is 11.8 Å². The van der Waals surface area contributed by atoms with Crippen LogP contribution in [0.15, 0.2) is 81.0 Å². The van der Waals surface area contributed by atoms with E-state index in [9.17, 15) is 4.79 Å². The van der Waals surface area contributed by atoms with E-state index in [-0.39, 0.29) is 11.5 Å². The van der Waals surface area contributed by atoms with Gasteiger partial charge in [0.25, 0.3) is 5.91 Å². The summed E-state index contributed by atoms with van der Waals surface area (Å²) in [4.78, 5) is 23.2. The van der Waals surface area contributed by atoms with Crippen molar-refractivity contribution < 1.29 is 13.9 Å². The van der Waals surface area contributed by atoms with Gasteiger partial charge >= 0.3 is 0 Å². The normalized spacial score (nSPS) is 11.5. The van der Waals surface area contributed by atoms with Crippen molar-refractivity contribution in [3.05, 3.63) is 83.5 Å². The number of thioether (sulfide) groups is 1. The molecule has 2 aromatic carbocycles. The lowest BCUT2D eigenvalue weighted by Gasteiger charge is -2.09. The van der Waals surface area contributed by atoms with E-state index in [4.69, 9.17) is 9.15 Å². The van der Waals surface area contributed by atoms with Crippen LogP contribution in [0, 0.1) is 6.92 Å². The average Bonchev–Trinajstić information content (AvgIpc) is 2.78. The first-order valence-corrected chi connectivity index (χ1v) is 10.8. The lowest BCUT2D eigenvalue weighted by molar-refractivity contribution is 0.102. The number of hydrogen-bond acceptors (Lipinski definition) is 6. The number of methoxy groups -OCH3 is 1. The van der Waals surface area contributed by atoms with Crippen LogP contribution < -0.4 is 15.6 Å². The molecule has 7 heteroatoms. The van der Waals surface area contributed by atoms with E-state index < -0.39 is 0 Å². The van der Waals surface area contributed by atoms with Gasteiger partial charge in [0.2, 0.25) is 5.55 Å². The predicted molar refractivity (Wildman–Crippen MR) is 123 cm³/mol. The maximum absolute atomic E-state index is 13.2. The predicted octanol–water partition coefficient (Wildman–Crippen LogP) is 5.35. The number of nitrogens with one attached hydrogen (secondary N) is 1. The summed E-state index contributed by atoms with van der Waals surface area (Å²) in [6.07, 6.45) is 2.00. The number of carbonyl (C=O) groups excluding carboxylic acids is 1. The molecule has 0 aliphatic heterocycles. The number of aryl methyl sites for hydroxylation is 1. The molecular weight excluding hydrogens is 410 g/mol. The van der Waals surface area contributed by atoms with Crippen LogP contribution in [0.4, 0.5) is 11.5 Å². The zero-order chi connectivity index (χ0) is 21.8. The minimum atomic E-state index is -0.355. The highest BCUT2D eigenvalue weighted by Gasteiger charge is 2.15. The Balaban J connectivity index is 1.88. The van der Waals surface area contributed by atoms with Crippen molar-refractivity contribution in [3.63, 3.8) is 0 Å². The summed E-state index contributed by atoms with van der Waals surface area (Å²) in [5.41, 5.74) is 2.52. The number of ether oxygens (including phenoxy) is 1. The Kier molecular flexibility index (Phi) is 6.04. The number of hydrogen-bond donors (Lipinski definition) is 1. The summed E-state index contributed by atoms with van der Waals surface area (Å²) in [5.74, 6) is 0.677. The van der Waals surface area contributed by atoms with Crippen LogP contribution in [-0.2, 0) is 0 Å². The first kappa shape index (κ1) is 20.7. The Hall–Kier alpha value is -3.58. The molecule has 31 heavy (non-hydrogen) atoms. The van der Waals surface area contributed by atoms with Gasteiger partial charge in [-0.2, -0.15) is 0 Å². The van der Waals surface area contributed by atoms with E-state index in [0.29, 0.717) is 28.4 Å². The van der Waals surface area contributed by atoms with E-state index >= 15 is 0 Å². The Morgan fingerprint density at radius 3 is 2.68 bits per heavy atom.